The first-order chi connectivity index (χ1) is 16.7. The summed E-state index contributed by atoms with van der Waals surface area (Å²) in [6.45, 7) is 4.11. The van der Waals surface area contributed by atoms with Crippen LogP contribution < -0.4 is 5.32 Å². The maximum absolute atomic E-state index is 14.9. The molecule has 2 N–H and O–H groups in total. The fourth-order valence-electron chi connectivity index (χ4n) is 5.32. The molecule has 5 rings (SSSR count). The van der Waals surface area contributed by atoms with Gasteiger partial charge in [-0.05, 0) is 19.3 Å². The molecule has 0 radical (unpaired) electrons. The summed E-state index contributed by atoms with van der Waals surface area (Å²) in [4.78, 5) is 26.3. The van der Waals surface area contributed by atoms with Crippen molar-refractivity contribution in [3.63, 3.8) is 0 Å². The van der Waals surface area contributed by atoms with Crippen molar-refractivity contribution in [1.29, 1.82) is 0 Å². The first-order valence-corrected chi connectivity index (χ1v) is 12.0. The molecule has 12 heteroatoms. The first kappa shape index (κ1) is 23.7. The van der Waals surface area contributed by atoms with Gasteiger partial charge in [-0.15, -0.1) is 0 Å². The zero-order valence-electron chi connectivity index (χ0n) is 19.7. The van der Waals surface area contributed by atoms with Crippen LogP contribution in [0.3, 0.4) is 0 Å². The lowest BCUT2D eigenvalue weighted by atomic mass is 9.87. The topological polar surface area (TPSA) is 105 Å². The Balaban J connectivity index is 1.20. The minimum Gasteiger partial charge on any atom is -0.449 e. The molecule has 1 saturated carbocycles. The molecule has 2 aliphatic carbocycles. The van der Waals surface area contributed by atoms with Gasteiger partial charge in [-0.1, -0.05) is 20.3 Å². The summed E-state index contributed by atoms with van der Waals surface area (Å²) in [6, 6.07) is -0.590. The number of halogens is 3. The quantitative estimate of drug-likeness (QED) is 0.595. The summed E-state index contributed by atoms with van der Waals surface area (Å²) in [7, 11) is 0. The van der Waals surface area contributed by atoms with Crippen molar-refractivity contribution in [2.45, 2.75) is 64.1 Å². The molecule has 0 unspecified atom stereocenters. The van der Waals surface area contributed by atoms with Crippen LogP contribution in [0.4, 0.5) is 23.7 Å². The van der Waals surface area contributed by atoms with Gasteiger partial charge in [-0.3, -0.25) is 14.6 Å². The lowest BCUT2D eigenvalue weighted by molar-refractivity contribution is 0.0547. The molecule has 2 aromatic heterocycles. The zero-order valence-corrected chi connectivity index (χ0v) is 19.7. The number of likely N-dealkylation sites (tertiary alicyclic amines) is 1. The van der Waals surface area contributed by atoms with E-state index in [-0.39, 0.29) is 25.1 Å². The van der Waals surface area contributed by atoms with Gasteiger partial charge in [0.25, 0.3) is 11.8 Å². The Kier molecular flexibility index (Phi) is 5.79. The van der Waals surface area contributed by atoms with Crippen LogP contribution in [-0.4, -0.2) is 68.7 Å². The summed E-state index contributed by atoms with van der Waals surface area (Å²) in [5.41, 5.74) is 0.457. The molecule has 9 nitrogen and oxygen atoms in total. The van der Waals surface area contributed by atoms with Crippen molar-refractivity contribution in [2.75, 3.05) is 25.0 Å². The van der Waals surface area contributed by atoms with Crippen LogP contribution >= 0.6 is 0 Å². The minimum atomic E-state index is -2.74. The molecule has 1 aliphatic heterocycles. The van der Waals surface area contributed by atoms with E-state index in [1.807, 2.05) is 6.92 Å². The second-order valence-electron chi connectivity index (χ2n) is 9.95. The Morgan fingerprint density at radius 2 is 2.17 bits per heavy atom. The van der Waals surface area contributed by atoms with Crippen LogP contribution in [0.2, 0.25) is 0 Å². The van der Waals surface area contributed by atoms with Gasteiger partial charge in [0.05, 0.1) is 31.1 Å². The number of H-pyrrole nitrogens is 1. The van der Waals surface area contributed by atoms with E-state index in [9.17, 15) is 22.8 Å². The number of piperidine rings is 1. The van der Waals surface area contributed by atoms with Crippen LogP contribution in [-0.2, 0) is 17.6 Å². The van der Waals surface area contributed by atoms with Gasteiger partial charge in [0, 0.05) is 41.8 Å². The van der Waals surface area contributed by atoms with E-state index in [1.165, 1.54) is 22.0 Å². The van der Waals surface area contributed by atoms with Gasteiger partial charge in [-0.25, -0.2) is 18.0 Å². The third-order valence-corrected chi connectivity index (χ3v) is 7.69. The van der Waals surface area contributed by atoms with Crippen LogP contribution in [0.15, 0.2) is 12.4 Å². The predicted molar refractivity (Wildman–Crippen MR) is 119 cm³/mol. The van der Waals surface area contributed by atoms with Gasteiger partial charge in [0.1, 0.15) is 6.17 Å². The van der Waals surface area contributed by atoms with E-state index in [2.05, 4.69) is 20.6 Å². The third kappa shape index (κ3) is 3.96. The number of hydrogen-bond donors (Lipinski definition) is 2. The number of rotatable bonds is 6. The average Bonchev–Trinajstić information content (AvgIpc) is 3.25. The molecule has 190 valence electrons. The molecule has 3 aliphatic rings. The predicted octanol–water partition coefficient (Wildman–Crippen LogP) is 3.75. The molecule has 4 atom stereocenters. The Hall–Kier alpha value is -3.05. The molecule has 2 aromatic rings. The number of ether oxygens (including phenoxy) is 1. The number of unbranched alkanes of at least 4 members (excludes halogenated alkanes) is 1. The summed E-state index contributed by atoms with van der Waals surface area (Å²) < 4.78 is 49.8. The lowest BCUT2D eigenvalue weighted by Gasteiger charge is -2.34. The highest BCUT2D eigenvalue weighted by atomic mass is 19.3. The van der Waals surface area contributed by atoms with Crippen LogP contribution in [0.25, 0.3) is 0 Å². The largest absolute Gasteiger partial charge is 0.449 e. The summed E-state index contributed by atoms with van der Waals surface area (Å²) in [6.07, 6.45) is 3.32. The maximum Gasteiger partial charge on any atom is 0.409 e. The Labute approximate surface area is 200 Å². The van der Waals surface area contributed by atoms with Crippen LogP contribution in [0, 0.1) is 11.3 Å². The molecular formula is C23H29F3N6O3. The maximum atomic E-state index is 14.9. The van der Waals surface area contributed by atoms with Gasteiger partial charge >= 0.3 is 6.09 Å². The van der Waals surface area contributed by atoms with Gasteiger partial charge < -0.3 is 15.0 Å². The SMILES string of the molecule is CCCCOC(=O)N1CC[C@H](n2cc(NC(=O)c3n[nH]c4c3C[C@@H]3C(F)(F)[C@]3(C)C4)cn2)[C@@H](F)C1. The molecule has 0 bridgehead atoms. The fourth-order valence-corrected chi connectivity index (χ4v) is 5.32. The van der Waals surface area contributed by atoms with E-state index >= 15 is 0 Å². The van der Waals surface area contributed by atoms with Gasteiger partial charge in [0.15, 0.2) is 5.69 Å². The number of aromatic nitrogens is 4. The van der Waals surface area contributed by atoms with Gasteiger partial charge in [0.2, 0.25) is 0 Å². The van der Waals surface area contributed by atoms with E-state index in [1.54, 1.807) is 6.92 Å². The summed E-state index contributed by atoms with van der Waals surface area (Å²) >= 11 is 0. The number of nitrogens with zero attached hydrogens (tertiary/aromatic N) is 4. The Morgan fingerprint density at radius 3 is 2.91 bits per heavy atom. The minimum absolute atomic E-state index is 0.0933. The molecule has 0 aromatic carbocycles. The van der Waals surface area contributed by atoms with Gasteiger partial charge in [-0.2, -0.15) is 10.2 Å². The average molecular weight is 495 g/mol. The molecule has 1 saturated heterocycles. The summed E-state index contributed by atoms with van der Waals surface area (Å²) in [5.74, 6) is -4.06. The second-order valence-corrected chi connectivity index (χ2v) is 9.95. The standard InChI is InChI=1S/C23H29F3N6O3/c1-3-4-7-35-21(34)31-6-5-17(15(24)12-31)32-11-13(10-27-32)28-20(33)19-14-8-18-22(2,23(18,25)26)9-16(14)29-30-19/h10-11,15,17-18H,3-9,12H2,1-2H3,(H,28,33)(H,29,30)/t15-,17-,18-,22+/m0/s1. The van der Waals surface area contributed by atoms with Crippen molar-refractivity contribution < 1.29 is 27.5 Å². The van der Waals surface area contributed by atoms with Crippen LogP contribution in [0.5, 0.6) is 0 Å². The Morgan fingerprint density at radius 1 is 1.37 bits per heavy atom. The number of fused-ring (bicyclic) bond motifs is 2. The number of carbonyl (C=O) groups excluding carboxylic acids is 2. The first-order valence-electron chi connectivity index (χ1n) is 12.0. The molecule has 3 heterocycles. The van der Waals surface area contributed by atoms with Crippen molar-refractivity contribution >= 4 is 17.7 Å². The number of anilines is 1. The smallest absolute Gasteiger partial charge is 0.409 e. The van der Waals surface area contributed by atoms with E-state index in [4.69, 9.17) is 4.74 Å². The number of amides is 2. The zero-order chi connectivity index (χ0) is 25.0. The van der Waals surface area contributed by atoms with Crippen molar-refractivity contribution in [1.82, 2.24) is 24.9 Å². The number of alkyl halides is 3. The molecule has 2 fully saturated rings. The highest BCUT2D eigenvalue weighted by Crippen LogP contribution is 2.70. The van der Waals surface area contributed by atoms with E-state index in [0.29, 0.717) is 36.5 Å². The van der Waals surface area contributed by atoms with Crippen molar-refractivity contribution in [2.24, 2.45) is 11.3 Å². The van der Waals surface area contributed by atoms with Crippen molar-refractivity contribution in [3.05, 3.63) is 29.3 Å². The summed E-state index contributed by atoms with van der Waals surface area (Å²) in [5, 5.41) is 13.7. The normalized spacial score (nSPS) is 28.7. The third-order valence-electron chi connectivity index (χ3n) is 7.69. The van der Waals surface area contributed by atoms with E-state index < -0.39 is 41.5 Å². The molecule has 35 heavy (non-hydrogen) atoms. The highest BCUT2D eigenvalue weighted by molar-refractivity contribution is 6.04. The fraction of sp³-hybridized carbons (Fsp3) is 0.652. The Bertz CT molecular complexity index is 1130. The number of aromatic amines is 1. The number of nitrogens with one attached hydrogen (secondary N) is 2. The highest BCUT2D eigenvalue weighted by Gasteiger charge is 2.78. The molecule has 2 amide bonds. The van der Waals surface area contributed by atoms with E-state index in [0.717, 1.165) is 12.8 Å². The van der Waals surface area contributed by atoms with Crippen molar-refractivity contribution in [3.8, 4) is 0 Å². The number of carbonyl (C=O) groups is 2. The second kappa shape index (κ2) is 8.56. The number of hydrogen-bond acceptors (Lipinski definition) is 5. The monoisotopic (exact) mass is 494 g/mol. The van der Waals surface area contributed by atoms with Crippen LogP contribution in [0.1, 0.15) is 60.9 Å². The molecule has 0 spiro atoms. The lowest BCUT2D eigenvalue weighted by Crippen LogP contribution is -2.46. The molecular weight excluding hydrogens is 465 g/mol.